The van der Waals surface area contributed by atoms with E-state index in [0.29, 0.717) is 28.8 Å². The molecule has 6 heteroatoms. The Balaban J connectivity index is 2.02. The van der Waals surface area contributed by atoms with Crippen LogP contribution >= 0.6 is 11.8 Å². The number of amides is 1. The topological polar surface area (TPSA) is 55.1 Å². The number of benzene rings is 1. The van der Waals surface area contributed by atoms with Crippen LogP contribution in [0.1, 0.15) is 36.0 Å². The summed E-state index contributed by atoms with van der Waals surface area (Å²) in [6.07, 6.45) is 3.94. The SMILES string of the molecule is NCC1(NC(=O)c2ccc(SC(F)F)cc2)CCCC1. The van der Waals surface area contributed by atoms with Crippen LogP contribution in [0.4, 0.5) is 8.78 Å². The summed E-state index contributed by atoms with van der Waals surface area (Å²) >= 11 is 0.470. The fourth-order valence-corrected chi connectivity index (χ4v) is 3.03. The van der Waals surface area contributed by atoms with Gasteiger partial charge >= 0.3 is 0 Å². The molecular weight excluding hydrogens is 282 g/mol. The van der Waals surface area contributed by atoms with Gasteiger partial charge in [0.15, 0.2) is 0 Å². The van der Waals surface area contributed by atoms with Gasteiger partial charge in [0, 0.05) is 17.0 Å². The molecule has 1 fully saturated rings. The lowest BCUT2D eigenvalue weighted by Gasteiger charge is -2.28. The minimum atomic E-state index is -2.45. The van der Waals surface area contributed by atoms with Crippen molar-refractivity contribution in [1.82, 2.24) is 5.32 Å². The largest absolute Gasteiger partial charge is 0.345 e. The summed E-state index contributed by atoms with van der Waals surface area (Å²) in [6.45, 7) is 0.429. The van der Waals surface area contributed by atoms with Crippen molar-refractivity contribution in [2.45, 2.75) is 41.9 Å². The molecule has 20 heavy (non-hydrogen) atoms. The van der Waals surface area contributed by atoms with Gasteiger partial charge in [0.25, 0.3) is 11.7 Å². The molecule has 0 unspecified atom stereocenters. The molecule has 0 atom stereocenters. The summed E-state index contributed by atoms with van der Waals surface area (Å²) in [4.78, 5) is 12.6. The minimum Gasteiger partial charge on any atom is -0.345 e. The number of carbonyl (C=O) groups excluding carboxylic acids is 1. The molecule has 0 spiro atoms. The maximum Gasteiger partial charge on any atom is 0.288 e. The number of halogens is 2. The number of nitrogens with one attached hydrogen (secondary N) is 1. The predicted molar refractivity (Wildman–Crippen MR) is 76.0 cm³/mol. The molecule has 1 aliphatic rings. The van der Waals surface area contributed by atoms with Gasteiger partial charge in [-0.1, -0.05) is 24.6 Å². The van der Waals surface area contributed by atoms with E-state index < -0.39 is 5.76 Å². The Hall–Kier alpha value is -1.14. The number of nitrogens with two attached hydrogens (primary N) is 1. The molecule has 1 saturated carbocycles. The first-order chi connectivity index (χ1) is 9.54. The van der Waals surface area contributed by atoms with E-state index in [1.54, 1.807) is 12.1 Å². The van der Waals surface area contributed by atoms with Crippen LogP contribution in [0.2, 0.25) is 0 Å². The van der Waals surface area contributed by atoms with E-state index in [2.05, 4.69) is 5.32 Å². The fraction of sp³-hybridized carbons (Fsp3) is 0.500. The lowest BCUT2D eigenvalue weighted by Crippen LogP contribution is -2.51. The zero-order valence-corrected chi connectivity index (χ0v) is 11.9. The summed E-state index contributed by atoms with van der Waals surface area (Å²) in [6, 6.07) is 6.21. The minimum absolute atomic E-state index is 0.189. The van der Waals surface area contributed by atoms with Gasteiger partial charge in [0.2, 0.25) is 0 Å². The van der Waals surface area contributed by atoms with Gasteiger partial charge < -0.3 is 11.1 Å². The van der Waals surface area contributed by atoms with Crippen LogP contribution in [-0.4, -0.2) is 23.7 Å². The summed E-state index contributed by atoms with van der Waals surface area (Å²) in [5.74, 6) is -2.64. The van der Waals surface area contributed by atoms with E-state index in [1.807, 2.05) is 0 Å². The molecular formula is C14H18F2N2OS. The van der Waals surface area contributed by atoms with Gasteiger partial charge in [-0.15, -0.1) is 0 Å². The molecule has 110 valence electrons. The van der Waals surface area contributed by atoms with Crippen LogP contribution in [0.25, 0.3) is 0 Å². The predicted octanol–water partition coefficient (Wildman–Crippen LogP) is 3.00. The Bertz CT molecular complexity index is 459. The Morgan fingerprint density at radius 3 is 2.40 bits per heavy atom. The van der Waals surface area contributed by atoms with Crippen molar-refractivity contribution in [2.24, 2.45) is 5.73 Å². The molecule has 0 aromatic heterocycles. The highest BCUT2D eigenvalue weighted by Gasteiger charge is 2.33. The maximum atomic E-state index is 12.2. The third kappa shape index (κ3) is 3.70. The van der Waals surface area contributed by atoms with E-state index in [0.717, 1.165) is 25.7 Å². The third-order valence-electron chi connectivity index (χ3n) is 3.67. The standard InChI is InChI=1S/C14H18F2N2OS/c15-13(16)20-11-5-3-10(4-6-11)12(19)18-14(9-17)7-1-2-8-14/h3-6,13H,1-2,7-9,17H2,(H,18,19). The molecule has 1 aromatic rings. The van der Waals surface area contributed by atoms with Gasteiger partial charge in [-0.3, -0.25) is 4.79 Å². The van der Waals surface area contributed by atoms with Crippen LogP contribution in [0.15, 0.2) is 29.2 Å². The lowest BCUT2D eigenvalue weighted by molar-refractivity contribution is 0.0903. The molecule has 0 radical (unpaired) electrons. The molecule has 0 aliphatic heterocycles. The van der Waals surface area contributed by atoms with Crippen LogP contribution in [0.5, 0.6) is 0 Å². The van der Waals surface area contributed by atoms with Crippen LogP contribution in [0, 0.1) is 0 Å². The average Bonchev–Trinajstić information content (AvgIpc) is 2.88. The molecule has 1 aromatic carbocycles. The van der Waals surface area contributed by atoms with E-state index >= 15 is 0 Å². The first-order valence-corrected chi connectivity index (χ1v) is 7.50. The van der Waals surface area contributed by atoms with Gasteiger partial charge in [-0.25, -0.2) is 0 Å². The third-order valence-corrected chi connectivity index (χ3v) is 4.39. The molecule has 0 heterocycles. The molecule has 1 aliphatic carbocycles. The number of hydrogen-bond donors (Lipinski definition) is 2. The van der Waals surface area contributed by atoms with Gasteiger partial charge in [0.1, 0.15) is 0 Å². The average molecular weight is 300 g/mol. The Morgan fingerprint density at radius 1 is 1.30 bits per heavy atom. The summed E-state index contributed by atoms with van der Waals surface area (Å²) in [5, 5.41) is 3.00. The Kier molecular flexibility index (Phi) is 4.99. The van der Waals surface area contributed by atoms with E-state index in [4.69, 9.17) is 5.73 Å². The molecule has 2 rings (SSSR count). The van der Waals surface area contributed by atoms with Crippen molar-refractivity contribution < 1.29 is 13.6 Å². The van der Waals surface area contributed by atoms with Crippen molar-refractivity contribution in [3.63, 3.8) is 0 Å². The highest BCUT2D eigenvalue weighted by molar-refractivity contribution is 7.99. The number of alkyl halides is 2. The highest BCUT2D eigenvalue weighted by atomic mass is 32.2. The summed E-state index contributed by atoms with van der Waals surface area (Å²) < 4.78 is 24.4. The summed E-state index contributed by atoms with van der Waals surface area (Å²) in [5.41, 5.74) is 5.95. The smallest absolute Gasteiger partial charge is 0.288 e. The second-order valence-corrected chi connectivity index (χ2v) is 6.11. The van der Waals surface area contributed by atoms with Crippen molar-refractivity contribution in [3.8, 4) is 0 Å². The second-order valence-electron chi connectivity index (χ2n) is 5.05. The van der Waals surface area contributed by atoms with Crippen molar-refractivity contribution >= 4 is 17.7 Å². The van der Waals surface area contributed by atoms with E-state index in [1.165, 1.54) is 12.1 Å². The zero-order chi connectivity index (χ0) is 14.6. The quantitative estimate of drug-likeness (QED) is 0.822. The first kappa shape index (κ1) is 15.3. The lowest BCUT2D eigenvalue weighted by atomic mass is 9.97. The van der Waals surface area contributed by atoms with Crippen molar-refractivity contribution in [1.29, 1.82) is 0 Å². The Labute approximate surface area is 121 Å². The monoisotopic (exact) mass is 300 g/mol. The van der Waals surface area contributed by atoms with Gasteiger partial charge in [-0.05, 0) is 37.1 Å². The van der Waals surface area contributed by atoms with Crippen molar-refractivity contribution in [2.75, 3.05) is 6.54 Å². The van der Waals surface area contributed by atoms with E-state index in [9.17, 15) is 13.6 Å². The summed E-state index contributed by atoms with van der Waals surface area (Å²) in [7, 11) is 0. The molecule has 0 bridgehead atoms. The maximum absolute atomic E-state index is 12.2. The van der Waals surface area contributed by atoms with Gasteiger partial charge in [0.05, 0.1) is 5.54 Å². The van der Waals surface area contributed by atoms with Gasteiger partial charge in [-0.2, -0.15) is 8.78 Å². The number of hydrogen-bond acceptors (Lipinski definition) is 3. The normalized spacial score (nSPS) is 17.4. The highest BCUT2D eigenvalue weighted by Crippen LogP contribution is 2.29. The number of carbonyl (C=O) groups is 1. The van der Waals surface area contributed by atoms with Crippen LogP contribution in [0.3, 0.4) is 0 Å². The first-order valence-electron chi connectivity index (χ1n) is 6.62. The van der Waals surface area contributed by atoms with Crippen LogP contribution < -0.4 is 11.1 Å². The zero-order valence-electron chi connectivity index (χ0n) is 11.1. The molecule has 0 saturated heterocycles. The Morgan fingerprint density at radius 2 is 1.90 bits per heavy atom. The second kappa shape index (κ2) is 6.54. The number of thioether (sulfide) groups is 1. The fourth-order valence-electron chi connectivity index (χ4n) is 2.53. The van der Waals surface area contributed by atoms with E-state index in [-0.39, 0.29) is 11.4 Å². The molecule has 3 N–H and O–H groups in total. The van der Waals surface area contributed by atoms with Crippen molar-refractivity contribution in [3.05, 3.63) is 29.8 Å². The van der Waals surface area contributed by atoms with Crippen LogP contribution in [-0.2, 0) is 0 Å². The molecule has 3 nitrogen and oxygen atoms in total. The number of rotatable bonds is 5. The molecule has 1 amide bonds.